The lowest BCUT2D eigenvalue weighted by Crippen LogP contribution is -2.12. The van der Waals surface area contributed by atoms with Crippen LogP contribution in [0.3, 0.4) is 0 Å². The summed E-state index contributed by atoms with van der Waals surface area (Å²) in [7, 11) is 0. The summed E-state index contributed by atoms with van der Waals surface area (Å²) in [4.78, 5) is 4.42. The van der Waals surface area contributed by atoms with Crippen LogP contribution >= 0.6 is 11.3 Å². The highest BCUT2D eigenvalue weighted by Crippen LogP contribution is 2.27. The van der Waals surface area contributed by atoms with Crippen LogP contribution in [0.15, 0.2) is 5.38 Å². The average molecular weight is 198 g/mol. The largest absolute Gasteiger partial charge is 0.470 e. The van der Waals surface area contributed by atoms with Gasteiger partial charge < -0.3 is 10.1 Å². The number of ether oxygens (including phenoxy) is 1. The first-order valence-electron chi connectivity index (χ1n) is 4.71. The number of nitrogens with one attached hydrogen (secondary N) is 1. The van der Waals surface area contributed by atoms with Crippen LogP contribution in [0.2, 0.25) is 0 Å². The molecule has 72 valence electrons. The van der Waals surface area contributed by atoms with Gasteiger partial charge in [-0.05, 0) is 26.3 Å². The summed E-state index contributed by atoms with van der Waals surface area (Å²) in [5.74, 6) is 0. The zero-order valence-electron chi connectivity index (χ0n) is 7.75. The molecular weight excluding hydrogens is 184 g/mol. The summed E-state index contributed by atoms with van der Waals surface area (Å²) in [6.45, 7) is 3.80. The van der Waals surface area contributed by atoms with Crippen LogP contribution in [0.1, 0.15) is 31.5 Å². The fourth-order valence-electron chi connectivity index (χ4n) is 1.56. The van der Waals surface area contributed by atoms with Gasteiger partial charge in [-0.25, -0.2) is 4.98 Å². The van der Waals surface area contributed by atoms with Gasteiger partial charge in [0, 0.05) is 5.38 Å². The van der Waals surface area contributed by atoms with E-state index in [1.54, 1.807) is 11.3 Å². The van der Waals surface area contributed by atoms with Crippen molar-refractivity contribution in [2.24, 2.45) is 0 Å². The predicted molar refractivity (Wildman–Crippen MR) is 53.3 cm³/mol. The Labute approximate surface area is 82.1 Å². The van der Waals surface area contributed by atoms with Gasteiger partial charge in [0.15, 0.2) is 0 Å². The Morgan fingerprint density at radius 1 is 1.77 bits per heavy atom. The van der Waals surface area contributed by atoms with Crippen LogP contribution in [0.25, 0.3) is 0 Å². The summed E-state index contributed by atoms with van der Waals surface area (Å²) < 4.78 is 5.33. The van der Waals surface area contributed by atoms with Crippen molar-refractivity contribution in [2.75, 3.05) is 13.2 Å². The number of nitrogens with zero attached hydrogens (tertiary/aromatic N) is 1. The second-order valence-corrected chi connectivity index (χ2v) is 3.94. The Bertz CT molecular complexity index is 268. The molecule has 2 rings (SSSR count). The van der Waals surface area contributed by atoms with Crippen molar-refractivity contribution in [2.45, 2.75) is 25.8 Å². The lowest BCUT2D eigenvalue weighted by atomic mass is 10.2. The number of hydrogen-bond donors (Lipinski definition) is 1. The van der Waals surface area contributed by atoms with Crippen molar-refractivity contribution in [1.29, 1.82) is 0 Å². The maximum atomic E-state index is 5.33. The van der Waals surface area contributed by atoms with Crippen LogP contribution in [-0.2, 0) is 0 Å². The minimum atomic E-state index is 0.463. The van der Waals surface area contributed by atoms with Gasteiger partial charge in [-0.15, -0.1) is 0 Å². The number of thiazole rings is 1. The second-order valence-electron chi connectivity index (χ2n) is 3.12. The minimum Gasteiger partial charge on any atom is -0.470 e. The third kappa shape index (κ3) is 2.00. The van der Waals surface area contributed by atoms with Crippen molar-refractivity contribution < 1.29 is 4.74 Å². The zero-order chi connectivity index (χ0) is 9.10. The standard InChI is InChI=1S/C9H14N2OS/c1-2-12-9-11-8(6-13-9)7-4-3-5-10-7/h6-7,10H,2-5H2,1H3. The lowest BCUT2D eigenvalue weighted by Gasteiger charge is -2.04. The molecular formula is C9H14N2OS. The van der Waals surface area contributed by atoms with Crippen molar-refractivity contribution in [1.82, 2.24) is 10.3 Å². The Morgan fingerprint density at radius 2 is 2.69 bits per heavy atom. The molecule has 1 aromatic rings. The van der Waals surface area contributed by atoms with Crippen LogP contribution in [0.5, 0.6) is 5.19 Å². The van der Waals surface area contributed by atoms with Gasteiger partial charge in [0.1, 0.15) is 0 Å². The van der Waals surface area contributed by atoms with E-state index in [1.807, 2.05) is 6.92 Å². The van der Waals surface area contributed by atoms with Gasteiger partial charge in [0.05, 0.1) is 18.3 Å². The van der Waals surface area contributed by atoms with Gasteiger partial charge in [0.25, 0.3) is 5.19 Å². The van der Waals surface area contributed by atoms with E-state index in [4.69, 9.17) is 4.74 Å². The molecule has 1 N–H and O–H groups in total. The average Bonchev–Trinajstić information content (AvgIpc) is 2.70. The molecule has 0 amide bonds. The molecule has 1 aliphatic heterocycles. The molecule has 2 heterocycles. The van der Waals surface area contributed by atoms with Crippen molar-refractivity contribution in [3.63, 3.8) is 0 Å². The van der Waals surface area contributed by atoms with Crippen molar-refractivity contribution in [3.8, 4) is 5.19 Å². The van der Waals surface area contributed by atoms with Gasteiger partial charge in [-0.2, -0.15) is 0 Å². The van der Waals surface area contributed by atoms with E-state index in [-0.39, 0.29) is 0 Å². The summed E-state index contributed by atoms with van der Waals surface area (Å²) in [6.07, 6.45) is 2.46. The minimum absolute atomic E-state index is 0.463. The molecule has 0 bridgehead atoms. The topological polar surface area (TPSA) is 34.1 Å². The van der Waals surface area contributed by atoms with E-state index in [1.165, 1.54) is 12.8 Å². The summed E-state index contributed by atoms with van der Waals surface area (Å²) in [6, 6.07) is 0.463. The summed E-state index contributed by atoms with van der Waals surface area (Å²) >= 11 is 1.59. The highest BCUT2D eigenvalue weighted by molar-refractivity contribution is 7.11. The third-order valence-electron chi connectivity index (χ3n) is 2.19. The van der Waals surface area contributed by atoms with Gasteiger partial charge in [-0.3, -0.25) is 0 Å². The van der Waals surface area contributed by atoms with E-state index in [9.17, 15) is 0 Å². The lowest BCUT2D eigenvalue weighted by molar-refractivity contribution is 0.336. The molecule has 1 aliphatic rings. The summed E-state index contributed by atoms with van der Waals surface area (Å²) in [5.41, 5.74) is 1.14. The molecule has 1 unspecified atom stereocenters. The first kappa shape index (κ1) is 8.97. The molecule has 0 radical (unpaired) electrons. The van der Waals surface area contributed by atoms with Crippen molar-refractivity contribution >= 4 is 11.3 Å². The maximum absolute atomic E-state index is 5.33. The second kappa shape index (κ2) is 4.07. The normalized spacial score (nSPS) is 22.1. The fraction of sp³-hybridized carbons (Fsp3) is 0.667. The molecule has 13 heavy (non-hydrogen) atoms. The number of aromatic nitrogens is 1. The smallest absolute Gasteiger partial charge is 0.273 e. The monoisotopic (exact) mass is 198 g/mol. The maximum Gasteiger partial charge on any atom is 0.273 e. The third-order valence-corrected chi connectivity index (χ3v) is 2.96. The predicted octanol–water partition coefficient (Wildman–Crippen LogP) is 1.97. The Hall–Kier alpha value is -0.610. The summed E-state index contributed by atoms with van der Waals surface area (Å²) in [5, 5.41) is 6.31. The van der Waals surface area contributed by atoms with E-state index in [0.717, 1.165) is 17.4 Å². The van der Waals surface area contributed by atoms with E-state index >= 15 is 0 Å². The molecule has 0 aromatic carbocycles. The highest BCUT2D eigenvalue weighted by atomic mass is 32.1. The van der Waals surface area contributed by atoms with E-state index in [0.29, 0.717) is 12.6 Å². The molecule has 1 saturated heterocycles. The Morgan fingerprint density at radius 3 is 3.38 bits per heavy atom. The quantitative estimate of drug-likeness (QED) is 0.806. The van der Waals surface area contributed by atoms with Crippen LogP contribution in [0.4, 0.5) is 0 Å². The molecule has 1 fully saturated rings. The van der Waals surface area contributed by atoms with Crippen LogP contribution in [0, 0.1) is 0 Å². The first-order chi connectivity index (χ1) is 6.40. The number of rotatable bonds is 3. The van der Waals surface area contributed by atoms with Crippen molar-refractivity contribution in [3.05, 3.63) is 11.1 Å². The fourth-order valence-corrected chi connectivity index (χ4v) is 2.34. The highest BCUT2D eigenvalue weighted by Gasteiger charge is 2.18. The van der Waals surface area contributed by atoms with Crippen LogP contribution in [-0.4, -0.2) is 18.1 Å². The SMILES string of the molecule is CCOc1nc(C2CCCN2)cs1. The zero-order valence-corrected chi connectivity index (χ0v) is 8.56. The first-order valence-corrected chi connectivity index (χ1v) is 5.59. The molecule has 0 spiro atoms. The van der Waals surface area contributed by atoms with Gasteiger partial charge >= 0.3 is 0 Å². The molecule has 1 aromatic heterocycles. The Balaban J connectivity index is 2.03. The van der Waals surface area contributed by atoms with Gasteiger partial charge in [0.2, 0.25) is 0 Å². The Kier molecular flexibility index (Phi) is 2.80. The molecule has 0 aliphatic carbocycles. The van der Waals surface area contributed by atoms with E-state index in [2.05, 4.69) is 15.7 Å². The van der Waals surface area contributed by atoms with Crippen LogP contribution < -0.4 is 10.1 Å². The van der Waals surface area contributed by atoms with E-state index < -0.39 is 0 Å². The molecule has 4 heteroatoms. The molecule has 3 nitrogen and oxygen atoms in total. The molecule has 1 atom stereocenters. The number of hydrogen-bond acceptors (Lipinski definition) is 4. The van der Waals surface area contributed by atoms with Gasteiger partial charge in [-0.1, -0.05) is 11.3 Å². The molecule has 0 saturated carbocycles.